The van der Waals surface area contributed by atoms with Gasteiger partial charge in [0, 0.05) is 17.5 Å². The molecule has 0 saturated carbocycles. The molecule has 1 heterocycles. The molecule has 0 amide bonds. The maximum absolute atomic E-state index is 5.98. The maximum atomic E-state index is 5.98. The number of fused-ring (bicyclic) bond motifs is 1. The van der Waals surface area contributed by atoms with Crippen LogP contribution in [0, 0.1) is 0 Å². The van der Waals surface area contributed by atoms with E-state index in [0.717, 1.165) is 25.2 Å². The monoisotopic (exact) mass is 357 g/mol. The van der Waals surface area contributed by atoms with Crippen molar-refractivity contribution >= 4 is 11.3 Å². The minimum absolute atomic E-state index is 0.675. The lowest BCUT2D eigenvalue weighted by Crippen LogP contribution is -2.41. The fraction of sp³-hybridized carbons (Fsp3) is 0.545. The summed E-state index contributed by atoms with van der Waals surface area (Å²) in [6.45, 7) is 7.67. The third-order valence-electron chi connectivity index (χ3n) is 5.13. The molecule has 1 aromatic heterocycles. The smallest absolute Gasteiger partial charge is 0.122 e. The van der Waals surface area contributed by atoms with E-state index >= 15 is 0 Å². The molecule has 0 bridgehead atoms. The number of ether oxygens (including phenoxy) is 1. The van der Waals surface area contributed by atoms with Crippen molar-refractivity contribution in [1.29, 1.82) is 0 Å². The molecule has 0 saturated heterocycles. The van der Waals surface area contributed by atoms with Gasteiger partial charge in [-0.2, -0.15) is 0 Å². The SMILES string of the molecule is CCCOc1cccc2c1CCC(N(CCC)CCc1cccs1)C2. The summed E-state index contributed by atoms with van der Waals surface area (Å²) in [4.78, 5) is 4.23. The minimum atomic E-state index is 0.675. The van der Waals surface area contributed by atoms with Crippen molar-refractivity contribution < 1.29 is 4.74 Å². The van der Waals surface area contributed by atoms with Gasteiger partial charge in [0.1, 0.15) is 5.75 Å². The summed E-state index contributed by atoms with van der Waals surface area (Å²) in [6.07, 6.45) is 7.06. The highest BCUT2D eigenvalue weighted by molar-refractivity contribution is 7.09. The van der Waals surface area contributed by atoms with Gasteiger partial charge in [-0.15, -0.1) is 11.3 Å². The molecule has 3 heteroatoms. The fourth-order valence-corrected chi connectivity index (χ4v) is 4.58. The zero-order valence-corrected chi connectivity index (χ0v) is 16.5. The largest absolute Gasteiger partial charge is 0.493 e. The van der Waals surface area contributed by atoms with E-state index < -0.39 is 0 Å². The number of benzene rings is 1. The summed E-state index contributed by atoms with van der Waals surface area (Å²) in [5.41, 5.74) is 2.96. The van der Waals surface area contributed by atoms with Crippen LogP contribution in [0.1, 0.15) is 49.1 Å². The molecular formula is C22H31NOS. The second-order valence-electron chi connectivity index (χ2n) is 7.00. The lowest BCUT2D eigenvalue weighted by Gasteiger charge is -2.35. The average molecular weight is 358 g/mol. The van der Waals surface area contributed by atoms with E-state index in [9.17, 15) is 0 Å². The molecule has 0 N–H and O–H groups in total. The summed E-state index contributed by atoms with van der Waals surface area (Å²) >= 11 is 1.88. The lowest BCUT2D eigenvalue weighted by atomic mass is 9.86. The Labute approximate surface area is 156 Å². The molecule has 0 fully saturated rings. The number of rotatable bonds is 9. The molecule has 2 nitrogen and oxygen atoms in total. The Balaban J connectivity index is 1.66. The Bertz CT molecular complexity index is 637. The summed E-state index contributed by atoms with van der Waals surface area (Å²) in [6, 6.07) is 11.7. The fourth-order valence-electron chi connectivity index (χ4n) is 3.88. The summed E-state index contributed by atoms with van der Waals surface area (Å²) in [7, 11) is 0. The van der Waals surface area contributed by atoms with Crippen molar-refractivity contribution in [2.45, 2.75) is 58.4 Å². The van der Waals surface area contributed by atoms with E-state index in [0.29, 0.717) is 6.04 Å². The Morgan fingerprint density at radius 1 is 1.12 bits per heavy atom. The summed E-state index contributed by atoms with van der Waals surface area (Å²) in [5, 5.41) is 2.19. The third-order valence-corrected chi connectivity index (χ3v) is 6.06. The molecule has 0 radical (unpaired) electrons. The predicted octanol–water partition coefficient (Wildman–Crippen LogP) is 5.35. The van der Waals surface area contributed by atoms with Crippen LogP contribution in [0.15, 0.2) is 35.7 Å². The highest BCUT2D eigenvalue weighted by Gasteiger charge is 2.25. The highest BCUT2D eigenvalue weighted by Crippen LogP contribution is 2.32. The second kappa shape index (κ2) is 9.40. The van der Waals surface area contributed by atoms with Gasteiger partial charge < -0.3 is 4.74 Å². The van der Waals surface area contributed by atoms with Crippen LogP contribution in [0.3, 0.4) is 0 Å². The standard InChI is InChI=1S/C22H31NOS/c1-3-13-23(14-12-20-8-6-16-25-20)19-10-11-21-18(17-19)7-5-9-22(21)24-15-4-2/h5-9,16,19H,3-4,10-15,17H2,1-2H3. The van der Waals surface area contributed by atoms with Crippen molar-refractivity contribution in [3.05, 3.63) is 51.7 Å². The van der Waals surface area contributed by atoms with Gasteiger partial charge >= 0.3 is 0 Å². The van der Waals surface area contributed by atoms with Crippen LogP contribution in [0.25, 0.3) is 0 Å². The van der Waals surface area contributed by atoms with Gasteiger partial charge in [0.05, 0.1) is 6.61 Å². The second-order valence-corrected chi connectivity index (χ2v) is 8.04. The van der Waals surface area contributed by atoms with Gasteiger partial charge in [-0.25, -0.2) is 0 Å². The number of thiophene rings is 1. The highest BCUT2D eigenvalue weighted by atomic mass is 32.1. The molecule has 0 spiro atoms. The average Bonchev–Trinajstić information content (AvgIpc) is 3.16. The molecule has 25 heavy (non-hydrogen) atoms. The lowest BCUT2D eigenvalue weighted by molar-refractivity contribution is 0.181. The van der Waals surface area contributed by atoms with Gasteiger partial charge in [-0.3, -0.25) is 4.90 Å². The summed E-state index contributed by atoms with van der Waals surface area (Å²) in [5.74, 6) is 1.12. The van der Waals surface area contributed by atoms with E-state index in [2.05, 4.69) is 54.5 Å². The van der Waals surface area contributed by atoms with E-state index in [4.69, 9.17) is 4.74 Å². The predicted molar refractivity (Wildman–Crippen MR) is 108 cm³/mol. The first-order valence-electron chi connectivity index (χ1n) is 9.81. The van der Waals surface area contributed by atoms with Crippen LogP contribution in [0.2, 0.25) is 0 Å². The maximum Gasteiger partial charge on any atom is 0.122 e. The van der Waals surface area contributed by atoms with Crippen molar-refractivity contribution in [3.8, 4) is 5.75 Å². The quantitative estimate of drug-likeness (QED) is 0.600. The van der Waals surface area contributed by atoms with Gasteiger partial charge in [0.2, 0.25) is 0 Å². The molecule has 2 aromatic rings. The van der Waals surface area contributed by atoms with E-state index in [1.807, 2.05) is 11.3 Å². The molecule has 1 aliphatic carbocycles. The van der Waals surface area contributed by atoms with E-state index in [1.54, 1.807) is 0 Å². The molecule has 1 unspecified atom stereocenters. The van der Waals surface area contributed by atoms with Crippen LogP contribution >= 0.6 is 11.3 Å². The molecule has 1 atom stereocenters. The molecular weight excluding hydrogens is 326 g/mol. The zero-order chi connectivity index (χ0) is 17.5. The summed E-state index contributed by atoms with van der Waals surface area (Å²) < 4.78 is 5.98. The van der Waals surface area contributed by atoms with Crippen LogP contribution in [-0.4, -0.2) is 30.6 Å². The minimum Gasteiger partial charge on any atom is -0.493 e. The number of nitrogens with zero attached hydrogens (tertiary/aromatic N) is 1. The van der Waals surface area contributed by atoms with Crippen molar-refractivity contribution in [1.82, 2.24) is 4.90 Å². The van der Waals surface area contributed by atoms with Crippen molar-refractivity contribution in [3.63, 3.8) is 0 Å². The van der Waals surface area contributed by atoms with Crippen LogP contribution in [0.4, 0.5) is 0 Å². The first kappa shape index (κ1) is 18.5. The first-order valence-corrected chi connectivity index (χ1v) is 10.7. The molecule has 1 aliphatic rings. The Morgan fingerprint density at radius 2 is 2.04 bits per heavy atom. The van der Waals surface area contributed by atoms with Gasteiger partial charge in [0.15, 0.2) is 0 Å². The Kier molecular flexibility index (Phi) is 6.94. The molecule has 3 rings (SSSR count). The van der Waals surface area contributed by atoms with Crippen molar-refractivity contribution in [2.24, 2.45) is 0 Å². The number of hydrogen-bond acceptors (Lipinski definition) is 3. The van der Waals surface area contributed by atoms with Gasteiger partial charge in [-0.05, 0) is 73.7 Å². The topological polar surface area (TPSA) is 12.5 Å². The van der Waals surface area contributed by atoms with Crippen LogP contribution in [-0.2, 0) is 19.3 Å². The molecule has 0 aliphatic heterocycles. The van der Waals surface area contributed by atoms with E-state index in [1.165, 1.54) is 54.8 Å². The first-order chi connectivity index (χ1) is 12.3. The number of hydrogen-bond donors (Lipinski definition) is 0. The molecule has 1 aromatic carbocycles. The molecule has 136 valence electrons. The normalized spacial score (nSPS) is 16.8. The zero-order valence-electron chi connectivity index (χ0n) is 15.7. The van der Waals surface area contributed by atoms with Crippen molar-refractivity contribution in [2.75, 3.05) is 19.7 Å². The van der Waals surface area contributed by atoms with Crippen LogP contribution < -0.4 is 4.74 Å². The van der Waals surface area contributed by atoms with Gasteiger partial charge in [0.25, 0.3) is 0 Å². The van der Waals surface area contributed by atoms with E-state index in [-0.39, 0.29) is 0 Å². The van der Waals surface area contributed by atoms with Gasteiger partial charge in [-0.1, -0.05) is 32.0 Å². The third kappa shape index (κ3) is 4.86. The van der Waals surface area contributed by atoms with Crippen LogP contribution in [0.5, 0.6) is 5.75 Å². The Morgan fingerprint density at radius 3 is 2.80 bits per heavy atom. The Hall–Kier alpha value is -1.32.